The van der Waals surface area contributed by atoms with Crippen LogP contribution in [0.25, 0.3) is 4.96 Å². The van der Waals surface area contributed by atoms with Gasteiger partial charge in [-0.25, -0.2) is 4.98 Å². The lowest BCUT2D eigenvalue weighted by Crippen LogP contribution is -2.16. The molecule has 2 aromatic heterocycles. The fourth-order valence-corrected chi connectivity index (χ4v) is 3.12. The van der Waals surface area contributed by atoms with Crippen LogP contribution >= 0.6 is 22.9 Å². The third-order valence-electron chi connectivity index (χ3n) is 3.15. The number of hydrogen-bond acceptors (Lipinski definition) is 5. The van der Waals surface area contributed by atoms with Crippen LogP contribution in [-0.4, -0.2) is 14.6 Å². The molecular formula is C15H14ClN3O2S. The molecule has 0 aliphatic rings. The van der Waals surface area contributed by atoms with Gasteiger partial charge in [-0.2, -0.15) is 9.61 Å². The molecule has 0 amide bonds. The fraction of sp³-hybridized carbons (Fsp3) is 0.267. The summed E-state index contributed by atoms with van der Waals surface area (Å²) in [5.74, 6) is 0.727. The molecule has 1 aromatic carbocycles. The fourth-order valence-electron chi connectivity index (χ4n) is 2.04. The van der Waals surface area contributed by atoms with E-state index in [1.54, 1.807) is 6.07 Å². The Balaban J connectivity index is 1.86. The first kappa shape index (κ1) is 15.0. The van der Waals surface area contributed by atoms with E-state index in [1.165, 1.54) is 21.9 Å². The molecule has 0 saturated heterocycles. The van der Waals surface area contributed by atoms with Crippen LogP contribution in [0, 0.1) is 6.92 Å². The van der Waals surface area contributed by atoms with Crippen LogP contribution in [0.2, 0.25) is 5.02 Å². The minimum Gasteiger partial charge on any atom is -0.487 e. The number of aromatic nitrogens is 3. The SMILES string of the molecule is CCc1nn2c(=O)cc(COc3ccc(Cl)cc3C)nc2s1. The van der Waals surface area contributed by atoms with Crippen molar-refractivity contribution < 1.29 is 4.74 Å². The molecule has 3 aromatic rings. The maximum Gasteiger partial charge on any atom is 0.275 e. The molecule has 0 N–H and O–H groups in total. The average molecular weight is 336 g/mol. The zero-order valence-corrected chi connectivity index (χ0v) is 13.7. The van der Waals surface area contributed by atoms with Gasteiger partial charge >= 0.3 is 0 Å². The van der Waals surface area contributed by atoms with Crippen molar-refractivity contribution in [3.05, 3.63) is 55.9 Å². The predicted molar refractivity (Wildman–Crippen MR) is 87.0 cm³/mol. The van der Waals surface area contributed by atoms with Crippen LogP contribution in [0.15, 0.2) is 29.1 Å². The van der Waals surface area contributed by atoms with Gasteiger partial charge in [0, 0.05) is 11.1 Å². The highest BCUT2D eigenvalue weighted by Gasteiger charge is 2.09. The van der Waals surface area contributed by atoms with Gasteiger partial charge in [-0.3, -0.25) is 4.79 Å². The number of benzene rings is 1. The normalized spacial score (nSPS) is 11.0. The Bertz CT molecular complexity index is 888. The van der Waals surface area contributed by atoms with Crippen molar-refractivity contribution in [3.63, 3.8) is 0 Å². The Hall–Kier alpha value is -1.92. The van der Waals surface area contributed by atoms with Crippen molar-refractivity contribution >= 4 is 27.9 Å². The van der Waals surface area contributed by atoms with E-state index in [4.69, 9.17) is 16.3 Å². The maximum absolute atomic E-state index is 12.0. The van der Waals surface area contributed by atoms with Gasteiger partial charge in [0.05, 0.1) is 5.69 Å². The number of hydrogen-bond donors (Lipinski definition) is 0. The van der Waals surface area contributed by atoms with E-state index < -0.39 is 0 Å². The summed E-state index contributed by atoms with van der Waals surface area (Å²) in [6.07, 6.45) is 0.781. The standard InChI is InChI=1S/C15H14ClN3O2S/c1-3-13-18-19-14(20)7-11(17-15(19)22-13)8-21-12-5-4-10(16)6-9(12)2/h4-7H,3,8H2,1-2H3. The molecule has 0 unspecified atom stereocenters. The summed E-state index contributed by atoms with van der Waals surface area (Å²) < 4.78 is 7.06. The van der Waals surface area contributed by atoms with Gasteiger partial charge in [0.25, 0.3) is 5.56 Å². The topological polar surface area (TPSA) is 56.5 Å². The smallest absolute Gasteiger partial charge is 0.275 e. The zero-order chi connectivity index (χ0) is 15.7. The van der Waals surface area contributed by atoms with Crippen molar-refractivity contribution in [2.75, 3.05) is 0 Å². The Kier molecular flexibility index (Phi) is 4.13. The molecule has 0 spiro atoms. The molecule has 2 heterocycles. The number of rotatable bonds is 4. The lowest BCUT2D eigenvalue weighted by Gasteiger charge is -2.08. The van der Waals surface area contributed by atoms with Crippen LogP contribution in [-0.2, 0) is 13.0 Å². The molecule has 0 atom stereocenters. The summed E-state index contributed by atoms with van der Waals surface area (Å²) in [6.45, 7) is 4.15. The Morgan fingerprint density at radius 3 is 2.91 bits per heavy atom. The van der Waals surface area contributed by atoms with Crippen LogP contribution in [0.1, 0.15) is 23.2 Å². The molecule has 5 nitrogen and oxygen atoms in total. The number of ether oxygens (including phenoxy) is 1. The van der Waals surface area contributed by atoms with E-state index in [2.05, 4.69) is 10.1 Å². The second-order valence-corrected chi connectivity index (χ2v) is 6.30. The van der Waals surface area contributed by atoms with Crippen molar-refractivity contribution in [1.29, 1.82) is 0 Å². The highest BCUT2D eigenvalue weighted by atomic mass is 35.5. The molecule has 0 bridgehead atoms. The van der Waals surface area contributed by atoms with Crippen LogP contribution in [0.4, 0.5) is 0 Å². The van der Waals surface area contributed by atoms with Crippen LogP contribution in [0.5, 0.6) is 5.75 Å². The lowest BCUT2D eigenvalue weighted by atomic mass is 10.2. The van der Waals surface area contributed by atoms with Crippen LogP contribution < -0.4 is 10.3 Å². The Morgan fingerprint density at radius 2 is 2.18 bits per heavy atom. The Morgan fingerprint density at radius 1 is 1.36 bits per heavy atom. The first-order valence-corrected chi connectivity index (χ1v) is 8.04. The monoisotopic (exact) mass is 335 g/mol. The number of halogens is 1. The summed E-state index contributed by atoms with van der Waals surface area (Å²) in [5.41, 5.74) is 1.34. The zero-order valence-electron chi connectivity index (χ0n) is 12.2. The van der Waals surface area contributed by atoms with E-state index in [9.17, 15) is 4.79 Å². The van der Waals surface area contributed by atoms with Crippen molar-refractivity contribution in [2.45, 2.75) is 26.9 Å². The second kappa shape index (κ2) is 6.06. The van der Waals surface area contributed by atoms with Gasteiger partial charge < -0.3 is 4.74 Å². The molecule has 3 rings (SSSR count). The number of fused-ring (bicyclic) bond motifs is 1. The summed E-state index contributed by atoms with van der Waals surface area (Å²) in [5, 5.41) is 5.77. The highest BCUT2D eigenvalue weighted by Crippen LogP contribution is 2.22. The third-order valence-corrected chi connectivity index (χ3v) is 4.44. The minimum absolute atomic E-state index is 0.188. The average Bonchev–Trinajstić information content (AvgIpc) is 2.90. The van der Waals surface area contributed by atoms with Gasteiger partial charge in [-0.15, -0.1) is 0 Å². The Labute approximate surface area is 136 Å². The largest absolute Gasteiger partial charge is 0.487 e. The lowest BCUT2D eigenvalue weighted by molar-refractivity contribution is 0.299. The van der Waals surface area contributed by atoms with Gasteiger partial charge in [-0.1, -0.05) is 29.9 Å². The third kappa shape index (κ3) is 2.98. The van der Waals surface area contributed by atoms with E-state index in [0.717, 1.165) is 22.7 Å². The van der Waals surface area contributed by atoms with Gasteiger partial charge in [-0.05, 0) is 37.1 Å². The highest BCUT2D eigenvalue weighted by molar-refractivity contribution is 7.16. The number of aryl methyl sites for hydroxylation is 2. The van der Waals surface area contributed by atoms with E-state index in [-0.39, 0.29) is 12.2 Å². The van der Waals surface area contributed by atoms with Crippen molar-refractivity contribution in [2.24, 2.45) is 0 Å². The summed E-state index contributed by atoms with van der Waals surface area (Å²) in [6, 6.07) is 6.87. The summed E-state index contributed by atoms with van der Waals surface area (Å²) >= 11 is 7.34. The van der Waals surface area contributed by atoms with Crippen molar-refractivity contribution in [3.8, 4) is 5.75 Å². The van der Waals surface area contributed by atoms with Gasteiger partial charge in [0.1, 0.15) is 17.4 Å². The molecular weight excluding hydrogens is 322 g/mol. The molecule has 22 heavy (non-hydrogen) atoms. The summed E-state index contributed by atoms with van der Waals surface area (Å²) in [7, 11) is 0. The molecule has 0 radical (unpaired) electrons. The van der Waals surface area contributed by atoms with E-state index >= 15 is 0 Å². The van der Waals surface area contributed by atoms with Gasteiger partial charge in [0.2, 0.25) is 4.96 Å². The minimum atomic E-state index is -0.188. The predicted octanol–water partition coefficient (Wildman–Crippen LogP) is 3.25. The quantitative estimate of drug-likeness (QED) is 0.734. The maximum atomic E-state index is 12.0. The molecule has 0 saturated carbocycles. The number of nitrogens with zero attached hydrogens (tertiary/aromatic N) is 3. The first-order chi connectivity index (χ1) is 10.6. The molecule has 7 heteroatoms. The second-order valence-electron chi connectivity index (χ2n) is 4.83. The molecule has 0 aliphatic carbocycles. The molecule has 0 aliphatic heterocycles. The first-order valence-electron chi connectivity index (χ1n) is 6.84. The van der Waals surface area contributed by atoms with E-state index in [0.29, 0.717) is 15.7 Å². The van der Waals surface area contributed by atoms with Crippen LogP contribution in [0.3, 0.4) is 0 Å². The molecule has 0 fully saturated rings. The van der Waals surface area contributed by atoms with E-state index in [1.807, 2.05) is 26.0 Å². The summed E-state index contributed by atoms with van der Waals surface area (Å²) in [4.78, 5) is 17.1. The van der Waals surface area contributed by atoms with Crippen molar-refractivity contribution in [1.82, 2.24) is 14.6 Å². The van der Waals surface area contributed by atoms with Gasteiger partial charge in [0.15, 0.2) is 0 Å². The molecule has 114 valence electrons.